The molecule has 0 unspecified atom stereocenters. The summed E-state index contributed by atoms with van der Waals surface area (Å²) in [6.45, 7) is 0. The summed E-state index contributed by atoms with van der Waals surface area (Å²) in [4.78, 5) is 29.5. The van der Waals surface area contributed by atoms with E-state index in [4.69, 9.17) is 29.3 Å². The van der Waals surface area contributed by atoms with Gasteiger partial charge in [-0.2, -0.15) is 0 Å². The predicted octanol–water partition coefficient (Wildman–Crippen LogP) is 11.6. The predicted molar refractivity (Wildman–Crippen MR) is 219 cm³/mol. The quantitative estimate of drug-likeness (QED) is 0.163. The maximum Gasteiger partial charge on any atom is 0.229 e. The van der Waals surface area contributed by atoms with Crippen LogP contribution in [0.5, 0.6) is 0 Å². The van der Waals surface area contributed by atoms with Gasteiger partial charge in [-0.25, -0.2) is 29.9 Å². The van der Waals surface area contributed by atoms with Crippen molar-refractivity contribution in [2.45, 2.75) is 0 Å². The third kappa shape index (κ3) is 6.19. The van der Waals surface area contributed by atoms with E-state index < -0.39 is 0 Å². The maximum atomic E-state index is 6.29. The fourth-order valence-corrected chi connectivity index (χ4v) is 6.82. The number of hydrogen-bond donors (Lipinski definition) is 0. The number of furan rings is 1. The highest BCUT2D eigenvalue weighted by molar-refractivity contribution is 6.06. The molecule has 0 bridgehead atoms. The van der Waals surface area contributed by atoms with Gasteiger partial charge in [-0.3, -0.25) is 0 Å². The molecule has 0 N–H and O–H groups in total. The number of hydrogen-bond acceptors (Lipinski definition) is 7. The van der Waals surface area contributed by atoms with Crippen molar-refractivity contribution in [3.05, 3.63) is 182 Å². The van der Waals surface area contributed by atoms with Gasteiger partial charge >= 0.3 is 0 Å². The second-order valence-corrected chi connectivity index (χ2v) is 13.2. The first-order chi connectivity index (χ1) is 27.2. The van der Waals surface area contributed by atoms with E-state index in [1.165, 1.54) is 0 Å². The summed E-state index contributed by atoms with van der Waals surface area (Å²) in [6, 6.07) is 59.3. The number of pyridine rings is 1. The van der Waals surface area contributed by atoms with Crippen molar-refractivity contribution in [3.63, 3.8) is 0 Å². The number of aromatic nitrogens is 6. The first-order valence-corrected chi connectivity index (χ1v) is 18.0. The highest BCUT2D eigenvalue weighted by Gasteiger charge is 2.19. The summed E-state index contributed by atoms with van der Waals surface area (Å²) < 4.78 is 6.29. The van der Waals surface area contributed by atoms with Crippen LogP contribution in [0.3, 0.4) is 0 Å². The minimum absolute atomic E-state index is 0.524. The Balaban J connectivity index is 1.04. The number of fused-ring (bicyclic) bond motifs is 3. The molecule has 10 rings (SSSR count). The first-order valence-electron chi connectivity index (χ1n) is 18.0. The Morgan fingerprint density at radius 2 is 0.691 bits per heavy atom. The average Bonchev–Trinajstić information content (AvgIpc) is 3.66. The molecule has 0 radical (unpaired) electrons. The van der Waals surface area contributed by atoms with Crippen LogP contribution in [0.4, 0.5) is 0 Å². The van der Waals surface area contributed by atoms with Crippen LogP contribution in [0.15, 0.2) is 187 Å². The van der Waals surface area contributed by atoms with Gasteiger partial charge in [0.15, 0.2) is 28.9 Å². The molecule has 0 saturated carbocycles. The van der Waals surface area contributed by atoms with Crippen LogP contribution in [0.2, 0.25) is 0 Å². The molecule has 0 atom stereocenters. The summed E-state index contributed by atoms with van der Waals surface area (Å²) in [7, 11) is 0. The zero-order chi connectivity index (χ0) is 36.6. The molecule has 0 aliphatic rings. The molecule has 55 heavy (non-hydrogen) atoms. The van der Waals surface area contributed by atoms with Gasteiger partial charge in [0, 0.05) is 34.0 Å². The number of benzene rings is 6. The van der Waals surface area contributed by atoms with Crippen molar-refractivity contribution in [1.29, 1.82) is 0 Å². The normalized spacial score (nSPS) is 11.3. The molecule has 4 heterocycles. The average molecular weight is 707 g/mol. The van der Waals surface area contributed by atoms with Crippen molar-refractivity contribution in [3.8, 4) is 79.1 Å². The van der Waals surface area contributed by atoms with E-state index in [2.05, 4.69) is 77.8 Å². The zero-order valence-corrected chi connectivity index (χ0v) is 29.4. The van der Waals surface area contributed by atoms with Crippen molar-refractivity contribution >= 4 is 22.2 Å². The highest BCUT2D eigenvalue weighted by Crippen LogP contribution is 2.36. The molecule has 10 aromatic rings. The van der Waals surface area contributed by atoms with Gasteiger partial charge in [-0.1, -0.05) is 164 Å². The van der Waals surface area contributed by atoms with Crippen molar-refractivity contribution in [2.24, 2.45) is 0 Å². The highest BCUT2D eigenvalue weighted by atomic mass is 16.3. The molecule has 7 heteroatoms. The van der Waals surface area contributed by atoms with Gasteiger partial charge in [0.1, 0.15) is 11.2 Å². The summed E-state index contributed by atoms with van der Waals surface area (Å²) in [5.41, 5.74) is 11.5. The molecular formula is C48H30N6O. The second kappa shape index (κ2) is 13.7. The minimum atomic E-state index is 0.524. The smallest absolute Gasteiger partial charge is 0.229 e. The van der Waals surface area contributed by atoms with E-state index in [1.54, 1.807) is 6.20 Å². The second-order valence-electron chi connectivity index (χ2n) is 13.2. The van der Waals surface area contributed by atoms with Gasteiger partial charge < -0.3 is 4.42 Å². The van der Waals surface area contributed by atoms with Gasteiger partial charge in [0.05, 0.1) is 5.39 Å². The molecular weight excluding hydrogens is 677 g/mol. The van der Waals surface area contributed by atoms with Crippen LogP contribution in [-0.4, -0.2) is 29.9 Å². The van der Waals surface area contributed by atoms with Crippen LogP contribution < -0.4 is 0 Å². The van der Waals surface area contributed by atoms with Crippen LogP contribution >= 0.6 is 0 Å². The lowest BCUT2D eigenvalue weighted by molar-refractivity contribution is 0.652. The Hall–Kier alpha value is -7.64. The van der Waals surface area contributed by atoms with Crippen molar-refractivity contribution in [1.82, 2.24) is 29.9 Å². The maximum absolute atomic E-state index is 6.29. The van der Waals surface area contributed by atoms with E-state index >= 15 is 0 Å². The van der Waals surface area contributed by atoms with E-state index in [9.17, 15) is 0 Å². The molecule has 0 aliphatic carbocycles. The summed E-state index contributed by atoms with van der Waals surface area (Å²) in [5, 5.41) is 0.836. The Labute approximate surface area is 316 Å². The SMILES string of the molecule is c1ccc(-c2ccc(-c3nc(-c4ccccc4)nc(-c4ccc(-c5nc(-c6ccc(-c7ccccc7)cc6)c6oc7ncccc7c6n5)cc4)n3)cc2)cc1. The molecule has 0 fully saturated rings. The Morgan fingerprint density at radius 1 is 0.309 bits per heavy atom. The topological polar surface area (TPSA) is 90.5 Å². The third-order valence-corrected chi connectivity index (χ3v) is 9.67. The summed E-state index contributed by atoms with van der Waals surface area (Å²) >= 11 is 0. The standard InChI is InChI=1S/C48H30N6O/c1-4-11-31(12-5-1)33-18-22-35(23-19-33)41-43-42(40-17-10-30-49-48(40)55-43)51-44(50-41)37-26-28-39(29-27-37)47-53-45(36-15-8-3-9-16-36)52-46(54-47)38-24-20-34(21-25-38)32-13-6-2-7-14-32/h1-30H. The number of nitrogens with zero attached hydrogens (tertiary/aromatic N) is 6. The van der Waals surface area contributed by atoms with E-state index in [-0.39, 0.29) is 0 Å². The first kappa shape index (κ1) is 32.0. The molecule has 258 valence electrons. The lowest BCUT2D eigenvalue weighted by Gasteiger charge is -2.10. The monoisotopic (exact) mass is 706 g/mol. The lowest BCUT2D eigenvalue weighted by atomic mass is 10.0. The molecule has 0 spiro atoms. The fraction of sp³-hybridized carbons (Fsp3) is 0. The van der Waals surface area contributed by atoms with Crippen molar-refractivity contribution < 1.29 is 4.42 Å². The minimum Gasteiger partial charge on any atom is -0.434 e. The van der Waals surface area contributed by atoms with Gasteiger partial charge in [0.25, 0.3) is 0 Å². The van der Waals surface area contributed by atoms with E-state index in [0.717, 1.165) is 55.5 Å². The molecule has 0 aliphatic heterocycles. The largest absolute Gasteiger partial charge is 0.434 e. The van der Waals surface area contributed by atoms with E-state index in [0.29, 0.717) is 45.8 Å². The zero-order valence-electron chi connectivity index (χ0n) is 29.4. The number of rotatable bonds is 7. The molecule has 0 saturated heterocycles. The Kier molecular flexibility index (Phi) is 8.00. The van der Waals surface area contributed by atoms with Gasteiger partial charge in [0.2, 0.25) is 5.71 Å². The van der Waals surface area contributed by atoms with Crippen LogP contribution in [-0.2, 0) is 0 Å². The molecule has 7 nitrogen and oxygen atoms in total. The third-order valence-electron chi connectivity index (χ3n) is 9.67. The van der Waals surface area contributed by atoms with Gasteiger partial charge in [-0.15, -0.1) is 0 Å². The van der Waals surface area contributed by atoms with Crippen LogP contribution in [0.1, 0.15) is 0 Å². The Bertz CT molecular complexity index is 2930. The summed E-state index contributed by atoms with van der Waals surface area (Å²) in [6.07, 6.45) is 1.72. The molecule has 0 amide bonds. The molecule has 6 aromatic carbocycles. The van der Waals surface area contributed by atoms with Crippen LogP contribution in [0, 0.1) is 0 Å². The summed E-state index contributed by atoms with van der Waals surface area (Å²) in [5.74, 6) is 2.36. The Morgan fingerprint density at radius 3 is 1.18 bits per heavy atom. The fourth-order valence-electron chi connectivity index (χ4n) is 6.82. The molecule has 4 aromatic heterocycles. The van der Waals surface area contributed by atoms with Crippen molar-refractivity contribution in [2.75, 3.05) is 0 Å². The van der Waals surface area contributed by atoms with Gasteiger partial charge in [-0.05, 0) is 34.4 Å². The van der Waals surface area contributed by atoms with E-state index in [1.807, 2.05) is 103 Å². The van der Waals surface area contributed by atoms with Crippen LogP contribution in [0.25, 0.3) is 101 Å². The lowest BCUT2D eigenvalue weighted by Crippen LogP contribution is -2.00.